The minimum absolute atomic E-state index is 0. The fourth-order valence-corrected chi connectivity index (χ4v) is 3.01. The standard InChI is InChI=1S/C15H19N3O2S.2ClH/c1-9-12(18-15(20-9)11-4-5-21-8-11)6-14(19)17-13(7-16)10-2-3-10;;/h4-5,8,10,13H,2-3,6-7,16H2,1H3,(H,17,19);2*1H. The zero-order valence-corrected chi connectivity index (χ0v) is 15.2. The molecule has 0 saturated heterocycles. The van der Waals surface area contributed by atoms with Crippen LogP contribution in [0.1, 0.15) is 24.3 Å². The lowest BCUT2D eigenvalue weighted by atomic mass is 10.1. The molecule has 3 rings (SSSR count). The lowest BCUT2D eigenvalue weighted by molar-refractivity contribution is -0.121. The second-order valence-electron chi connectivity index (χ2n) is 5.46. The molecule has 0 radical (unpaired) electrons. The van der Waals surface area contributed by atoms with E-state index in [0.717, 1.165) is 18.4 Å². The number of halogens is 2. The van der Waals surface area contributed by atoms with E-state index >= 15 is 0 Å². The number of nitrogens with two attached hydrogens (primary N) is 1. The highest BCUT2D eigenvalue weighted by molar-refractivity contribution is 7.08. The van der Waals surface area contributed by atoms with Gasteiger partial charge in [-0.1, -0.05) is 0 Å². The average molecular weight is 378 g/mol. The molecule has 0 aromatic carbocycles. The van der Waals surface area contributed by atoms with Crippen LogP contribution in [0.15, 0.2) is 21.2 Å². The number of carbonyl (C=O) groups is 1. The maximum Gasteiger partial charge on any atom is 0.227 e. The Bertz CT molecular complexity index is 627. The zero-order valence-electron chi connectivity index (χ0n) is 12.8. The number of hydrogen-bond donors (Lipinski definition) is 2. The summed E-state index contributed by atoms with van der Waals surface area (Å²) in [6.07, 6.45) is 2.56. The number of aryl methyl sites for hydroxylation is 1. The van der Waals surface area contributed by atoms with E-state index in [-0.39, 0.29) is 43.2 Å². The second-order valence-corrected chi connectivity index (χ2v) is 6.24. The Balaban J connectivity index is 0.00000132. The van der Waals surface area contributed by atoms with E-state index in [1.807, 2.05) is 23.8 Å². The molecule has 1 unspecified atom stereocenters. The highest BCUT2D eigenvalue weighted by Crippen LogP contribution is 2.32. The van der Waals surface area contributed by atoms with Crippen LogP contribution in [0.3, 0.4) is 0 Å². The Kier molecular flexibility index (Phi) is 7.54. The highest BCUT2D eigenvalue weighted by atomic mass is 35.5. The molecule has 0 aliphatic heterocycles. The van der Waals surface area contributed by atoms with Crippen molar-refractivity contribution in [3.05, 3.63) is 28.3 Å². The largest absolute Gasteiger partial charge is 0.441 e. The Labute approximate surface area is 151 Å². The van der Waals surface area contributed by atoms with Crippen LogP contribution in [0.2, 0.25) is 0 Å². The molecule has 23 heavy (non-hydrogen) atoms. The van der Waals surface area contributed by atoms with Crippen molar-refractivity contribution in [3.63, 3.8) is 0 Å². The van der Waals surface area contributed by atoms with Crippen molar-refractivity contribution in [3.8, 4) is 11.5 Å². The molecule has 1 aliphatic rings. The normalized spacial score (nSPS) is 14.5. The lowest BCUT2D eigenvalue weighted by Crippen LogP contribution is -2.42. The van der Waals surface area contributed by atoms with E-state index in [9.17, 15) is 4.79 Å². The van der Waals surface area contributed by atoms with Gasteiger partial charge in [0.2, 0.25) is 11.8 Å². The summed E-state index contributed by atoms with van der Waals surface area (Å²) in [5.74, 6) is 1.79. The fourth-order valence-electron chi connectivity index (χ4n) is 2.38. The first-order valence-corrected chi connectivity index (χ1v) is 8.10. The first-order chi connectivity index (χ1) is 10.2. The van der Waals surface area contributed by atoms with Gasteiger partial charge in [-0.25, -0.2) is 4.98 Å². The summed E-state index contributed by atoms with van der Waals surface area (Å²) in [6.45, 7) is 2.33. The van der Waals surface area contributed by atoms with Gasteiger partial charge in [0.05, 0.1) is 12.1 Å². The van der Waals surface area contributed by atoms with Gasteiger partial charge < -0.3 is 15.5 Å². The summed E-state index contributed by atoms with van der Waals surface area (Å²) in [7, 11) is 0. The van der Waals surface area contributed by atoms with E-state index < -0.39 is 0 Å². The Morgan fingerprint density at radius 2 is 2.26 bits per heavy atom. The molecule has 5 nitrogen and oxygen atoms in total. The number of nitrogens with zero attached hydrogens (tertiary/aromatic N) is 1. The van der Waals surface area contributed by atoms with Crippen LogP contribution in [0.5, 0.6) is 0 Å². The number of nitrogens with one attached hydrogen (secondary N) is 1. The molecular weight excluding hydrogens is 357 g/mol. The number of aromatic nitrogens is 1. The average Bonchev–Trinajstić information content (AvgIpc) is 3.03. The molecule has 128 valence electrons. The molecule has 1 aliphatic carbocycles. The smallest absolute Gasteiger partial charge is 0.227 e. The van der Waals surface area contributed by atoms with Crippen LogP contribution in [0.4, 0.5) is 0 Å². The molecule has 2 aromatic heterocycles. The van der Waals surface area contributed by atoms with E-state index in [1.165, 1.54) is 0 Å². The van der Waals surface area contributed by atoms with Crippen molar-refractivity contribution < 1.29 is 9.21 Å². The van der Waals surface area contributed by atoms with Crippen molar-refractivity contribution >= 4 is 42.1 Å². The number of thiophene rings is 1. The van der Waals surface area contributed by atoms with Crippen LogP contribution < -0.4 is 11.1 Å². The number of hydrogen-bond acceptors (Lipinski definition) is 5. The van der Waals surface area contributed by atoms with Crippen LogP contribution in [0, 0.1) is 12.8 Å². The van der Waals surface area contributed by atoms with Crippen molar-refractivity contribution in [2.24, 2.45) is 11.7 Å². The number of oxazole rings is 1. The third-order valence-electron chi connectivity index (χ3n) is 3.78. The summed E-state index contributed by atoms with van der Waals surface area (Å²) in [6, 6.07) is 2.05. The summed E-state index contributed by atoms with van der Waals surface area (Å²) < 4.78 is 5.64. The molecule has 1 amide bonds. The third-order valence-corrected chi connectivity index (χ3v) is 4.46. The molecule has 2 aromatic rings. The zero-order chi connectivity index (χ0) is 14.8. The van der Waals surface area contributed by atoms with E-state index in [0.29, 0.717) is 29.8 Å². The first kappa shape index (κ1) is 20.0. The monoisotopic (exact) mass is 377 g/mol. The summed E-state index contributed by atoms with van der Waals surface area (Å²) in [5, 5.41) is 6.96. The van der Waals surface area contributed by atoms with Gasteiger partial charge in [-0.3, -0.25) is 4.79 Å². The minimum Gasteiger partial charge on any atom is -0.441 e. The van der Waals surface area contributed by atoms with Crippen molar-refractivity contribution in [2.75, 3.05) is 6.54 Å². The van der Waals surface area contributed by atoms with Crippen molar-refractivity contribution in [1.82, 2.24) is 10.3 Å². The van der Waals surface area contributed by atoms with Gasteiger partial charge >= 0.3 is 0 Å². The van der Waals surface area contributed by atoms with Gasteiger partial charge in [0.25, 0.3) is 0 Å². The van der Waals surface area contributed by atoms with Gasteiger partial charge in [0.15, 0.2) is 0 Å². The van der Waals surface area contributed by atoms with Crippen LogP contribution in [0.25, 0.3) is 11.5 Å². The maximum atomic E-state index is 12.1. The first-order valence-electron chi connectivity index (χ1n) is 7.15. The molecule has 3 N–H and O–H groups in total. The Hall–Kier alpha value is -1.08. The Morgan fingerprint density at radius 1 is 1.52 bits per heavy atom. The van der Waals surface area contributed by atoms with Gasteiger partial charge in [-0.05, 0) is 37.1 Å². The Morgan fingerprint density at radius 3 is 2.83 bits per heavy atom. The van der Waals surface area contributed by atoms with E-state index in [1.54, 1.807) is 11.3 Å². The van der Waals surface area contributed by atoms with Crippen LogP contribution in [-0.4, -0.2) is 23.5 Å². The van der Waals surface area contributed by atoms with Crippen molar-refractivity contribution in [2.45, 2.75) is 32.2 Å². The highest BCUT2D eigenvalue weighted by Gasteiger charge is 2.31. The second kappa shape index (κ2) is 8.68. The molecule has 2 heterocycles. The van der Waals surface area contributed by atoms with Crippen LogP contribution >= 0.6 is 36.2 Å². The van der Waals surface area contributed by atoms with Gasteiger partial charge in [0, 0.05) is 23.5 Å². The topological polar surface area (TPSA) is 81.2 Å². The summed E-state index contributed by atoms with van der Waals surface area (Å²) >= 11 is 1.59. The molecule has 0 bridgehead atoms. The quantitative estimate of drug-likeness (QED) is 0.810. The molecular formula is C15H21Cl2N3O2S. The summed E-state index contributed by atoms with van der Waals surface area (Å²) in [4.78, 5) is 16.5. The molecule has 1 atom stereocenters. The minimum atomic E-state index is -0.0365. The van der Waals surface area contributed by atoms with Gasteiger partial charge in [0.1, 0.15) is 5.76 Å². The molecule has 1 saturated carbocycles. The molecule has 8 heteroatoms. The predicted molar refractivity (Wildman–Crippen MR) is 96.5 cm³/mol. The third kappa shape index (κ3) is 4.94. The van der Waals surface area contributed by atoms with Crippen LogP contribution in [-0.2, 0) is 11.2 Å². The van der Waals surface area contributed by atoms with Crippen molar-refractivity contribution in [1.29, 1.82) is 0 Å². The lowest BCUT2D eigenvalue weighted by Gasteiger charge is -2.15. The van der Waals surface area contributed by atoms with Gasteiger partial charge in [-0.2, -0.15) is 11.3 Å². The molecule has 0 spiro atoms. The number of rotatable bonds is 6. The number of carbonyl (C=O) groups excluding carboxylic acids is 1. The predicted octanol–water partition coefficient (Wildman–Crippen LogP) is 2.95. The van der Waals surface area contributed by atoms with E-state index in [4.69, 9.17) is 10.2 Å². The van der Waals surface area contributed by atoms with E-state index in [2.05, 4.69) is 10.3 Å². The molecule has 1 fully saturated rings. The SMILES string of the molecule is Cc1oc(-c2ccsc2)nc1CC(=O)NC(CN)C1CC1.Cl.Cl. The van der Waals surface area contributed by atoms with Gasteiger partial charge in [-0.15, -0.1) is 24.8 Å². The summed E-state index contributed by atoms with van der Waals surface area (Å²) in [5.41, 5.74) is 7.35. The maximum absolute atomic E-state index is 12.1. The number of amides is 1. The fraction of sp³-hybridized carbons (Fsp3) is 0.467.